The van der Waals surface area contributed by atoms with Crippen LogP contribution < -0.4 is 0 Å². The molecule has 0 aromatic carbocycles. The van der Waals surface area contributed by atoms with Crippen LogP contribution in [0.5, 0.6) is 0 Å². The van der Waals surface area contributed by atoms with Crippen LogP contribution in [0.25, 0.3) is 0 Å². The number of rotatable bonds is 48. The predicted octanol–water partition coefficient (Wildman–Crippen LogP) is 17.3. The van der Waals surface area contributed by atoms with E-state index in [4.69, 9.17) is 14.2 Å². The molecule has 0 spiro atoms. The van der Waals surface area contributed by atoms with Crippen molar-refractivity contribution >= 4 is 17.9 Å². The second-order valence-electron chi connectivity index (χ2n) is 19.2. The van der Waals surface area contributed by atoms with Crippen LogP contribution in [0.2, 0.25) is 0 Å². The van der Waals surface area contributed by atoms with Crippen LogP contribution in [0, 0.1) is 11.8 Å². The Morgan fingerprint density at radius 3 is 0.950 bits per heavy atom. The topological polar surface area (TPSA) is 78.9 Å². The minimum absolute atomic E-state index is 0.0641. The molecule has 0 radical (unpaired) electrons. The third-order valence-corrected chi connectivity index (χ3v) is 12.6. The highest BCUT2D eigenvalue weighted by Crippen LogP contribution is 2.18. The van der Waals surface area contributed by atoms with Crippen molar-refractivity contribution in [2.75, 3.05) is 13.2 Å². The first-order valence-corrected chi connectivity index (χ1v) is 26.8. The molecule has 60 heavy (non-hydrogen) atoms. The lowest BCUT2D eigenvalue weighted by Crippen LogP contribution is -2.30. The maximum atomic E-state index is 12.7. The Bertz CT molecular complexity index is 918. The minimum atomic E-state index is -0.760. The number of ether oxygens (including phenoxy) is 3. The molecular formula is C54H104O6. The average Bonchev–Trinajstić information content (AvgIpc) is 3.23. The molecule has 0 aliphatic carbocycles. The summed E-state index contributed by atoms with van der Waals surface area (Å²) in [5, 5.41) is 0. The molecule has 0 N–H and O–H groups in total. The molecule has 0 saturated carbocycles. The van der Waals surface area contributed by atoms with Gasteiger partial charge in [0.2, 0.25) is 0 Å². The Labute approximate surface area is 374 Å². The lowest BCUT2D eigenvalue weighted by Gasteiger charge is -2.18. The normalized spacial score (nSPS) is 12.5. The van der Waals surface area contributed by atoms with Gasteiger partial charge in [-0.15, -0.1) is 0 Å². The Kier molecular flexibility index (Phi) is 45.7. The summed E-state index contributed by atoms with van der Waals surface area (Å²) in [5.41, 5.74) is 0. The van der Waals surface area contributed by atoms with Crippen molar-refractivity contribution < 1.29 is 28.6 Å². The van der Waals surface area contributed by atoms with Gasteiger partial charge in [0.1, 0.15) is 13.2 Å². The van der Waals surface area contributed by atoms with Gasteiger partial charge in [0.15, 0.2) is 6.10 Å². The lowest BCUT2D eigenvalue weighted by atomic mass is 9.99. The number of hydrogen-bond donors (Lipinski definition) is 0. The third kappa shape index (κ3) is 45.9. The zero-order valence-corrected chi connectivity index (χ0v) is 41.1. The standard InChI is InChI=1S/C54H104O6/c1-6-8-9-10-27-36-41-46-54(57)60-51(48-59-53(56)45-40-35-31-26-22-21-23-28-32-37-42-49(3)4)47-58-52(55)44-39-34-30-25-20-18-16-14-12-11-13-15-17-19-24-29-33-38-43-50(5)7-2/h49-51H,6-48H2,1-5H3/t50?,51-/m0/s1. The van der Waals surface area contributed by atoms with Gasteiger partial charge in [-0.3, -0.25) is 14.4 Å². The Morgan fingerprint density at radius 1 is 0.350 bits per heavy atom. The average molecular weight is 849 g/mol. The Balaban J connectivity index is 4.09. The van der Waals surface area contributed by atoms with Crippen LogP contribution in [0.3, 0.4) is 0 Å². The van der Waals surface area contributed by atoms with Crippen LogP contribution in [0.15, 0.2) is 0 Å². The van der Waals surface area contributed by atoms with Gasteiger partial charge in [-0.05, 0) is 31.1 Å². The molecule has 0 bridgehead atoms. The van der Waals surface area contributed by atoms with Crippen LogP contribution in [-0.4, -0.2) is 37.2 Å². The summed E-state index contributed by atoms with van der Waals surface area (Å²) in [5.74, 6) is 0.874. The highest BCUT2D eigenvalue weighted by Gasteiger charge is 2.19. The maximum absolute atomic E-state index is 12.7. The van der Waals surface area contributed by atoms with Crippen LogP contribution >= 0.6 is 0 Å². The van der Waals surface area contributed by atoms with Gasteiger partial charge in [-0.2, -0.15) is 0 Å². The lowest BCUT2D eigenvalue weighted by molar-refractivity contribution is -0.167. The fourth-order valence-electron chi connectivity index (χ4n) is 8.13. The van der Waals surface area contributed by atoms with Gasteiger partial charge < -0.3 is 14.2 Å². The molecule has 0 amide bonds. The first-order valence-electron chi connectivity index (χ1n) is 26.8. The maximum Gasteiger partial charge on any atom is 0.306 e. The molecule has 6 nitrogen and oxygen atoms in total. The monoisotopic (exact) mass is 849 g/mol. The van der Waals surface area contributed by atoms with E-state index < -0.39 is 6.10 Å². The Morgan fingerprint density at radius 2 is 0.633 bits per heavy atom. The largest absolute Gasteiger partial charge is 0.462 e. The van der Waals surface area contributed by atoms with E-state index in [-0.39, 0.29) is 31.1 Å². The smallest absolute Gasteiger partial charge is 0.306 e. The van der Waals surface area contributed by atoms with E-state index >= 15 is 0 Å². The molecule has 6 heteroatoms. The molecule has 0 saturated heterocycles. The van der Waals surface area contributed by atoms with Crippen molar-refractivity contribution in [2.45, 2.75) is 304 Å². The van der Waals surface area contributed by atoms with Gasteiger partial charge in [-0.1, -0.05) is 259 Å². The molecule has 0 fully saturated rings. The summed E-state index contributed by atoms with van der Waals surface area (Å²) in [6.45, 7) is 11.4. The van der Waals surface area contributed by atoms with Gasteiger partial charge in [0.25, 0.3) is 0 Å². The van der Waals surface area contributed by atoms with E-state index in [9.17, 15) is 14.4 Å². The summed E-state index contributed by atoms with van der Waals surface area (Å²) in [7, 11) is 0. The number of esters is 3. The minimum Gasteiger partial charge on any atom is -0.462 e. The van der Waals surface area contributed by atoms with Gasteiger partial charge in [-0.25, -0.2) is 0 Å². The zero-order valence-electron chi connectivity index (χ0n) is 41.1. The van der Waals surface area contributed by atoms with E-state index in [1.165, 1.54) is 186 Å². The number of carbonyl (C=O) groups excluding carboxylic acids is 3. The van der Waals surface area contributed by atoms with E-state index in [0.717, 1.165) is 69.6 Å². The van der Waals surface area contributed by atoms with Crippen molar-refractivity contribution in [2.24, 2.45) is 11.8 Å². The molecule has 0 aliphatic heterocycles. The number of carbonyl (C=O) groups is 3. The van der Waals surface area contributed by atoms with Crippen LogP contribution in [0.4, 0.5) is 0 Å². The summed E-state index contributed by atoms with van der Waals surface area (Å²) >= 11 is 0. The summed E-state index contributed by atoms with van der Waals surface area (Å²) in [4.78, 5) is 37.8. The molecule has 2 atom stereocenters. The number of hydrogen-bond acceptors (Lipinski definition) is 6. The van der Waals surface area contributed by atoms with Gasteiger partial charge in [0, 0.05) is 19.3 Å². The van der Waals surface area contributed by atoms with E-state index in [2.05, 4.69) is 34.6 Å². The molecule has 356 valence electrons. The highest BCUT2D eigenvalue weighted by molar-refractivity contribution is 5.71. The fourth-order valence-corrected chi connectivity index (χ4v) is 8.13. The van der Waals surface area contributed by atoms with Crippen molar-refractivity contribution in [3.63, 3.8) is 0 Å². The fraction of sp³-hybridized carbons (Fsp3) is 0.944. The van der Waals surface area contributed by atoms with Crippen molar-refractivity contribution in [1.29, 1.82) is 0 Å². The molecular weight excluding hydrogens is 745 g/mol. The number of unbranched alkanes of at least 4 members (excludes halogenated alkanes) is 32. The molecule has 0 aromatic heterocycles. The van der Waals surface area contributed by atoms with Crippen molar-refractivity contribution in [1.82, 2.24) is 0 Å². The summed E-state index contributed by atoms with van der Waals surface area (Å²) < 4.78 is 16.7. The highest BCUT2D eigenvalue weighted by atomic mass is 16.6. The third-order valence-electron chi connectivity index (χ3n) is 12.6. The Hall–Kier alpha value is -1.59. The van der Waals surface area contributed by atoms with Crippen molar-refractivity contribution in [3.05, 3.63) is 0 Å². The van der Waals surface area contributed by atoms with Crippen LogP contribution in [-0.2, 0) is 28.6 Å². The SMILES string of the molecule is CCCCCCCCCC(=O)O[C@@H](COC(=O)CCCCCCCCCCCCCCCCCCCCC(C)CC)COC(=O)CCCCCCCCCCCCC(C)C. The molecule has 0 aromatic rings. The van der Waals surface area contributed by atoms with Gasteiger partial charge >= 0.3 is 17.9 Å². The van der Waals surface area contributed by atoms with Crippen LogP contribution in [0.1, 0.15) is 298 Å². The molecule has 0 aliphatic rings. The zero-order chi connectivity index (χ0) is 44.0. The second-order valence-corrected chi connectivity index (χ2v) is 19.2. The van der Waals surface area contributed by atoms with E-state index in [1.54, 1.807) is 0 Å². The quantitative estimate of drug-likeness (QED) is 0.0345. The molecule has 1 unspecified atom stereocenters. The molecule has 0 heterocycles. The van der Waals surface area contributed by atoms with E-state index in [0.29, 0.717) is 19.3 Å². The van der Waals surface area contributed by atoms with Gasteiger partial charge in [0.05, 0.1) is 0 Å². The predicted molar refractivity (Wildman–Crippen MR) is 256 cm³/mol. The first-order chi connectivity index (χ1) is 29.3. The first kappa shape index (κ1) is 58.4. The second kappa shape index (κ2) is 46.9. The molecule has 0 rings (SSSR count). The van der Waals surface area contributed by atoms with E-state index in [1.807, 2.05) is 0 Å². The summed E-state index contributed by atoms with van der Waals surface area (Å²) in [6.07, 6.45) is 48.2. The summed E-state index contributed by atoms with van der Waals surface area (Å²) in [6, 6.07) is 0. The van der Waals surface area contributed by atoms with Crippen molar-refractivity contribution in [3.8, 4) is 0 Å².